The average Bonchev–Trinajstić information content (AvgIpc) is 2.27. The van der Waals surface area contributed by atoms with E-state index in [-0.39, 0.29) is 10.5 Å². The van der Waals surface area contributed by atoms with Crippen molar-refractivity contribution < 1.29 is 4.43 Å². The van der Waals surface area contributed by atoms with Gasteiger partial charge in [-0.2, -0.15) is 0 Å². The highest BCUT2D eigenvalue weighted by Crippen LogP contribution is 2.44. The maximum absolute atomic E-state index is 6.41. The first kappa shape index (κ1) is 14.7. The summed E-state index contributed by atoms with van der Waals surface area (Å²) in [5, 5.41) is 0.259. The van der Waals surface area contributed by atoms with Crippen molar-refractivity contribution in [3.8, 4) is 0 Å². The monoisotopic (exact) mass is 278 g/mol. The third-order valence-corrected chi connectivity index (χ3v) is 9.34. The third-order valence-electron chi connectivity index (χ3n) is 4.87. The molecule has 0 aromatic carbocycles. The molecule has 0 radical (unpaired) electrons. The minimum absolute atomic E-state index is 0.0801. The van der Waals surface area contributed by atoms with E-state index in [9.17, 15) is 0 Å². The topological polar surface area (TPSA) is 35.0 Å². The lowest BCUT2D eigenvalue weighted by Crippen LogP contribution is -2.48. The average molecular weight is 278 g/mol. The number of hydrogen-bond acceptors (Lipinski definition) is 3. The minimum Gasteiger partial charge on any atom is -0.416 e. The molecule has 0 N–H and O–H groups in total. The van der Waals surface area contributed by atoms with E-state index in [2.05, 4.69) is 43.8 Å². The zero-order valence-electron chi connectivity index (χ0n) is 12.9. The van der Waals surface area contributed by atoms with E-state index >= 15 is 0 Å². The molecule has 1 aromatic rings. The Labute approximate surface area is 117 Å². The maximum atomic E-state index is 6.41. The predicted molar refractivity (Wildman–Crippen MR) is 80.7 cm³/mol. The largest absolute Gasteiger partial charge is 0.416 e. The number of nitrogens with zero attached hydrogens (tertiary/aromatic N) is 2. The van der Waals surface area contributed by atoms with Crippen LogP contribution in [0.15, 0.2) is 18.5 Å². The standard InChI is InChI=1S/C15H26N2OSi/c1-14(2,3)19(4,5)18-12-15(8-6-9-15)13-16-10-7-11-17-13/h7,10-11H,6,8-9,12H2,1-5H3. The molecule has 1 aromatic heterocycles. The fourth-order valence-electron chi connectivity index (χ4n) is 2.14. The predicted octanol–water partition coefficient (Wildman–Crippen LogP) is 3.92. The second-order valence-electron chi connectivity index (χ2n) is 7.26. The molecule has 0 unspecified atom stereocenters. The molecule has 1 aliphatic rings. The molecule has 0 bridgehead atoms. The fraction of sp³-hybridized carbons (Fsp3) is 0.733. The zero-order chi connectivity index (χ0) is 14.1. The van der Waals surface area contributed by atoms with Crippen LogP contribution >= 0.6 is 0 Å². The Morgan fingerprint density at radius 1 is 1.21 bits per heavy atom. The van der Waals surface area contributed by atoms with E-state index < -0.39 is 8.32 Å². The molecule has 0 aliphatic heterocycles. The molecule has 1 saturated carbocycles. The van der Waals surface area contributed by atoms with Crippen LogP contribution in [0, 0.1) is 0 Å². The molecular weight excluding hydrogens is 252 g/mol. The van der Waals surface area contributed by atoms with Crippen molar-refractivity contribution in [1.29, 1.82) is 0 Å². The van der Waals surface area contributed by atoms with Gasteiger partial charge in [-0.15, -0.1) is 0 Å². The van der Waals surface area contributed by atoms with Gasteiger partial charge in [0.2, 0.25) is 0 Å². The van der Waals surface area contributed by atoms with Gasteiger partial charge in [-0.1, -0.05) is 27.2 Å². The fourth-order valence-corrected chi connectivity index (χ4v) is 3.21. The van der Waals surface area contributed by atoms with E-state index in [4.69, 9.17) is 4.43 Å². The summed E-state index contributed by atoms with van der Waals surface area (Å²) in [4.78, 5) is 8.92. The highest BCUT2D eigenvalue weighted by atomic mass is 28.4. The normalized spacial score (nSPS) is 19.0. The molecular formula is C15H26N2OSi. The van der Waals surface area contributed by atoms with E-state index in [0.29, 0.717) is 0 Å². The van der Waals surface area contributed by atoms with E-state index in [0.717, 1.165) is 25.3 Å². The van der Waals surface area contributed by atoms with Crippen LogP contribution in [-0.2, 0) is 9.84 Å². The third kappa shape index (κ3) is 2.89. The van der Waals surface area contributed by atoms with E-state index in [1.54, 1.807) is 0 Å². The lowest BCUT2D eigenvalue weighted by Gasteiger charge is -2.44. The smallest absolute Gasteiger partial charge is 0.192 e. The molecule has 2 rings (SSSR count). The van der Waals surface area contributed by atoms with Crippen LogP contribution in [0.2, 0.25) is 18.1 Å². The molecule has 3 nitrogen and oxygen atoms in total. The summed E-state index contributed by atoms with van der Waals surface area (Å²) < 4.78 is 6.41. The molecule has 0 atom stereocenters. The van der Waals surface area contributed by atoms with E-state index in [1.807, 2.05) is 18.5 Å². The van der Waals surface area contributed by atoms with Crippen LogP contribution in [-0.4, -0.2) is 24.9 Å². The summed E-state index contributed by atoms with van der Waals surface area (Å²) in [5.41, 5.74) is 0.0801. The zero-order valence-corrected chi connectivity index (χ0v) is 13.9. The first-order chi connectivity index (χ1) is 8.77. The number of rotatable bonds is 4. The Morgan fingerprint density at radius 2 is 1.79 bits per heavy atom. The van der Waals surface area contributed by atoms with Gasteiger partial charge in [-0.25, -0.2) is 9.97 Å². The van der Waals surface area contributed by atoms with Gasteiger partial charge in [-0.05, 0) is 37.0 Å². The highest BCUT2D eigenvalue weighted by Gasteiger charge is 2.45. The Morgan fingerprint density at radius 3 is 2.21 bits per heavy atom. The number of aromatic nitrogens is 2. The Balaban J connectivity index is 2.09. The van der Waals surface area contributed by atoms with Crippen LogP contribution in [0.1, 0.15) is 45.9 Å². The summed E-state index contributed by atoms with van der Waals surface area (Å²) in [5.74, 6) is 0.972. The molecule has 0 amide bonds. The summed E-state index contributed by atoms with van der Waals surface area (Å²) >= 11 is 0. The van der Waals surface area contributed by atoms with Gasteiger partial charge in [0.1, 0.15) is 5.82 Å². The molecule has 1 aliphatic carbocycles. The van der Waals surface area contributed by atoms with Crippen molar-refractivity contribution in [3.05, 3.63) is 24.3 Å². The second kappa shape index (κ2) is 4.98. The van der Waals surface area contributed by atoms with Gasteiger partial charge >= 0.3 is 0 Å². The van der Waals surface area contributed by atoms with Gasteiger partial charge in [0.15, 0.2) is 8.32 Å². The molecule has 0 saturated heterocycles. The van der Waals surface area contributed by atoms with Crippen LogP contribution in [0.4, 0.5) is 0 Å². The second-order valence-corrected chi connectivity index (χ2v) is 12.1. The molecule has 1 fully saturated rings. The first-order valence-electron chi connectivity index (χ1n) is 7.18. The summed E-state index contributed by atoms with van der Waals surface area (Å²) in [6.07, 6.45) is 7.26. The quantitative estimate of drug-likeness (QED) is 0.783. The minimum atomic E-state index is -1.69. The lowest BCUT2D eigenvalue weighted by atomic mass is 9.69. The Hall–Kier alpha value is -0.743. The SMILES string of the molecule is CC(C)(C)[Si](C)(C)OCC1(c2ncccn2)CCC1. The van der Waals surface area contributed by atoms with Crippen molar-refractivity contribution in [3.63, 3.8) is 0 Å². The van der Waals surface area contributed by atoms with Gasteiger partial charge in [0, 0.05) is 19.0 Å². The van der Waals surface area contributed by atoms with E-state index in [1.165, 1.54) is 6.42 Å². The lowest BCUT2D eigenvalue weighted by molar-refractivity contribution is 0.117. The maximum Gasteiger partial charge on any atom is 0.192 e. The molecule has 1 heterocycles. The molecule has 106 valence electrons. The Bertz CT molecular complexity index is 422. The highest BCUT2D eigenvalue weighted by molar-refractivity contribution is 6.74. The van der Waals surface area contributed by atoms with Crippen molar-refractivity contribution in [1.82, 2.24) is 9.97 Å². The van der Waals surface area contributed by atoms with Crippen molar-refractivity contribution >= 4 is 8.32 Å². The van der Waals surface area contributed by atoms with Crippen molar-refractivity contribution in [2.45, 2.75) is 63.6 Å². The molecule has 0 spiro atoms. The van der Waals surface area contributed by atoms with Crippen LogP contribution in [0.25, 0.3) is 0 Å². The molecule has 19 heavy (non-hydrogen) atoms. The molecule has 4 heteroatoms. The summed E-state index contributed by atoms with van der Waals surface area (Å²) in [6, 6.07) is 1.88. The first-order valence-corrected chi connectivity index (χ1v) is 10.1. The van der Waals surface area contributed by atoms with Gasteiger partial charge in [0.25, 0.3) is 0 Å². The summed E-state index contributed by atoms with van der Waals surface area (Å²) in [7, 11) is -1.69. The van der Waals surface area contributed by atoms with Crippen LogP contribution < -0.4 is 0 Å². The van der Waals surface area contributed by atoms with Gasteiger partial charge < -0.3 is 4.43 Å². The van der Waals surface area contributed by atoms with Gasteiger partial charge in [-0.3, -0.25) is 0 Å². The summed E-state index contributed by atoms with van der Waals surface area (Å²) in [6.45, 7) is 12.3. The van der Waals surface area contributed by atoms with Crippen molar-refractivity contribution in [2.24, 2.45) is 0 Å². The van der Waals surface area contributed by atoms with Crippen LogP contribution in [0.3, 0.4) is 0 Å². The van der Waals surface area contributed by atoms with Gasteiger partial charge in [0.05, 0.1) is 5.41 Å². The van der Waals surface area contributed by atoms with Crippen molar-refractivity contribution in [2.75, 3.05) is 6.61 Å². The Kier molecular flexibility index (Phi) is 3.84. The van der Waals surface area contributed by atoms with Crippen LogP contribution in [0.5, 0.6) is 0 Å². The number of hydrogen-bond donors (Lipinski definition) is 0.